The van der Waals surface area contributed by atoms with Gasteiger partial charge in [-0.1, -0.05) is 36.4 Å². The molecule has 0 saturated heterocycles. The van der Waals surface area contributed by atoms with Crippen molar-refractivity contribution in [3.05, 3.63) is 104 Å². The molecule has 12 nitrogen and oxygen atoms in total. The highest BCUT2D eigenvalue weighted by Crippen LogP contribution is 2.10. The van der Waals surface area contributed by atoms with Crippen LogP contribution in [0.15, 0.2) is 80.5 Å². The molecule has 230 valence electrons. The van der Waals surface area contributed by atoms with E-state index in [2.05, 4.69) is 21.1 Å². The van der Waals surface area contributed by atoms with Crippen LogP contribution in [0.3, 0.4) is 0 Å². The van der Waals surface area contributed by atoms with E-state index in [1.807, 2.05) is 113 Å². The Morgan fingerprint density at radius 3 is 1.39 bits per heavy atom. The molecule has 0 atom stereocenters. The Balaban J connectivity index is 1.29. The van der Waals surface area contributed by atoms with Gasteiger partial charge in [-0.3, -0.25) is 29.8 Å². The Kier molecular flexibility index (Phi) is 10.3. The van der Waals surface area contributed by atoms with Crippen molar-refractivity contribution in [2.45, 2.75) is 13.8 Å². The van der Waals surface area contributed by atoms with Crippen LogP contribution in [0.25, 0.3) is 11.4 Å². The minimum Gasteiger partial charge on any atom is -0.349 e. The molecule has 44 heavy (non-hydrogen) atoms. The average Bonchev–Trinajstić information content (AvgIpc) is 3.37. The zero-order valence-electron chi connectivity index (χ0n) is 25.6. The van der Waals surface area contributed by atoms with Crippen LogP contribution in [0.2, 0.25) is 0 Å². The first kappa shape index (κ1) is 32.1. The lowest BCUT2D eigenvalue weighted by Gasteiger charge is -2.24. The maximum absolute atomic E-state index is 13.1. The zero-order chi connectivity index (χ0) is 32.0. The highest BCUT2D eigenvalue weighted by atomic mass is 32.1. The summed E-state index contributed by atoms with van der Waals surface area (Å²) in [6, 6.07) is 18.9. The van der Waals surface area contributed by atoms with E-state index in [0.717, 1.165) is 22.8 Å². The van der Waals surface area contributed by atoms with E-state index in [-0.39, 0.29) is 11.1 Å². The van der Waals surface area contributed by atoms with Crippen molar-refractivity contribution < 1.29 is 0 Å². The fraction of sp³-hybridized carbons (Fsp3) is 0.267. The molecule has 0 amide bonds. The number of rotatable bonds is 9. The summed E-state index contributed by atoms with van der Waals surface area (Å²) in [5, 5.41) is 9.22. The van der Waals surface area contributed by atoms with E-state index < -0.39 is 0 Å². The van der Waals surface area contributed by atoms with E-state index in [1.54, 1.807) is 18.7 Å². The van der Waals surface area contributed by atoms with Crippen LogP contribution in [-0.2, 0) is 14.1 Å². The van der Waals surface area contributed by atoms with E-state index >= 15 is 0 Å². The van der Waals surface area contributed by atoms with Crippen molar-refractivity contribution in [2.24, 2.45) is 24.3 Å². The van der Waals surface area contributed by atoms with Crippen LogP contribution in [0.4, 0.5) is 0 Å². The first-order valence-electron chi connectivity index (χ1n) is 13.8. The van der Waals surface area contributed by atoms with Gasteiger partial charge in [0.15, 0.2) is 10.2 Å². The fourth-order valence-electron chi connectivity index (χ4n) is 4.45. The van der Waals surface area contributed by atoms with Crippen molar-refractivity contribution in [3.8, 4) is 11.4 Å². The second kappa shape index (κ2) is 14.1. The van der Waals surface area contributed by atoms with Crippen molar-refractivity contribution >= 4 is 47.1 Å². The molecule has 0 saturated carbocycles. The molecule has 0 unspecified atom stereocenters. The molecule has 2 N–H and O–H groups in total. The third kappa shape index (κ3) is 6.87. The number of benzene rings is 2. The molecular formula is C30H36N10O2S2. The van der Waals surface area contributed by atoms with E-state index in [0.29, 0.717) is 34.4 Å². The summed E-state index contributed by atoms with van der Waals surface area (Å²) in [5.41, 5.74) is 9.36. The Morgan fingerprint density at radius 1 is 0.705 bits per heavy atom. The van der Waals surface area contributed by atoms with E-state index in [4.69, 9.17) is 24.4 Å². The maximum atomic E-state index is 13.1. The summed E-state index contributed by atoms with van der Waals surface area (Å²) >= 11 is 10.9. The van der Waals surface area contributed by atoms with Crippen LogP contribution >= 0.6 is 24.4 Å². The summed E-state index contributed by atoms with van der Waals surface area (Å²) in [7, 11) is 7.33. The number of nitrogens with one attached hydrogen (secondary N) is 2. The third-order valence-electron chi connectivity index (χ3n) is 7.37. The quantitative estimate of drug-likeness (QED) is 0.164. The highest BCUT2D eigenvalue weighted by Gasteiger charge is 2.16. The van der Waals surface area contributed by atoms with Gasteiger partial charge in [0.2, 0.25) is 0 Å². The van der Waals surface area contributed by atoms with Crippen LogP contribution in [0.5, 0.6) is 0 Å². The first-order chi connectivity index (χ1) is 21.0. The summed E-state index contributed by atoms with van der Waals surface area (Å²) in [6.07, 6.45) is 2.98. The molecule has 0 bridgehead atoms. The highest BCUT2D eigenvalue weighted by molar-refractivity contribution is 7.80. The molecular weight excluding hydrogens is 597 g/mol. The Morgan fingerprint density at radius 2 is 1.05 bits per heavy atom. The Labute approximate surface area is 266 Å². The smallest absolute Gasteiger partial charge is 0.280 e. The second-order valence-electron chi connectivity index (χ2n) is 10.1. The number of hydrogen-bond donors (Lipinski definition) is 2. The van der Waals surface area contributed by atoms with Gasteiger partial charge in [0, 0.05) is 52.7 Å². The minimum atomic E-state index is -0.171. The van der Waals surface area contributed by atoms with Gasteiger partial charge in [0.1, 0.15) is 0 Å². The average molecular weight is 633 g/mol. The molecule has 4 rings (SSSR count). The van der Waals surface area contributed by atoms with Crippen LogP contribution < -0.4 is 22.0 Å². The van der Waals surface area contributed by atoms with Gasteiger partial charge in [-0.05, 0) is 62.5 Å². The lowest BCUT2D eigenvalue weighted by molar-refractivity contribution is 0.405. The normalized spacial score (nSPS) is 11.3. The van der Waals surface area contributed by atoms with Gasteiger partial charge in [0.25, 0.3) is 11.1 Å². The lowest BCUT2D eigenvalue weighted by Crippen LogP contribution is -2.42. The number of aromatic nitrogens is 4. The summed E-state index contributed by atoms with van der Waals surface area (Å²) in [5.74, 6) is 0. The summed E-state index contributed by atoms with van der Waals surface area (Å²) < 4.78 is 6.78. The molecule has 14 heteroatoms. The maximum Gasteiger partial charge on any atom is 0.280 e. The summed E-state index contributed by atoms with van der Waals surface area (Å²) in [4.78, 5) is 29.7. The van der Waals surface area contributed by atoms with Crippen molar-refractivity contribution in [1.29, 1.82) is 0 Å². The Bertz CT molecular complexity index is 1680. The van der Waals surface area contributed by atoms with Crippen molar-refractivity contribution in [2.75, 3.05) is 27.2 Å². The van der Waals surface area contributed by atoms with Gasteiger partial charge in [-0.2, -0.15) is 10.2 Å². The predicted octanol–water partition coefficient (Wildman–Crippen LogP) is 2.26. The lowest BCUT2D eigenvalue weighted by atomic mass is 10.3. The van der Waals surface area contributed by atoms with Gasteiger partial charge in [0.05, 0.1) is 34.9 Å². The molecule has 0 spiro atoms. The molecule has 0 aliphatic rings. The number of nitrogens with zero attached hydrogens (tertiary/aromatic N) is 8. The molecule has 0 fully saturated rings. The number of para-hydroxylation sites is 2. The van der Waals surface area contributed by atoms with E-state index in [9.17, 15) is 9.59 Å². The van der Waals surface area contributed by atoms with Gasteiger partial charge in [-0.15, -0.1) is 0 Å². The van der Waals surface area contributed by atoms with Crippen LogP contribution in [0.1, 0.15) is 22.5 Å². The van der Waals surface area contributed by atoms with Crippen molar-refractivity contribution in [1.82, 2.24) is 39.4 Å². The molecule has 2 heterocycles. The number of thiocarbonyl (C=S) groups is 2. The minimum absolute atomic E-state index is 0.171. The number of hydrazone groups is 2. The van der Waals surface area contributed by atoms with Crippen LogP contribution in [-0.4, -0.2) is 78.4 Å². The third-order valence-corrected chi connectivity index (χ3v) is 8.18. The zero-order valence-corrected chi connectivity index (χ0v) is 27.2. The standard InChI is InChI=1S/C30H36N10O2S2/c1-21-25(27(41)39(37(21)5)23-13-9-7-10-14-23)19-31-33-29(43)35(3)17-18-36(4)30(44)34-32-20-26-22(2)38(6)40(28(26)42)24-15-11-8-12-16-24/h7-16,19-20H,17-18H2,1-6H3,(H,33,43)(H,34,44)/b31-19+,32-20+. The SMILES string of the molecule is Cc1c(/C=N/NC(=S)N(C)CCN(C)C(=S)N/N=C/c2c(C)n(C)n(-c3ccccc3)c2=O)c(=O)n(-c2ccccc2)n1C. The predicted molar refractivity (Wildman–Crippen MR) is 183 cm³/mol. The Hall–Kier alpha value is -4.82. The second-order valence-corrected chi connectivity index (χ2v) is 10.9. The van der Waals surface area contributed by atoms with Crippen molar-refractivity contribution in [3.63, 3.8) is 0 Å². The monoisotopic (exact) mass is 632 g/mol. The molecule has 2 aromatic carbocycles. The van der Waals surface area contributed by atoms with Gasteiger partial charge in [-0.25, -0.2) is 9.36 Å². The van der Waals surface area contributed by atoms with Gasteiger partial charge >= 0.3 is 0 Å². The molecule has 2 aromatic heterocycles. The molecule has 0 aliphatic carbocycles. The largest absolute Gasteiger partial charge is 0.349 e. The number of likely N-dealkylation sites (N-methyl/N-ethyl adjacent to an activating group) is 2. The van der Waals surface area contributed by atoms with Gasteiger partial charge < -0.3 is 9.80 Å². The first-order valence-corrected chi connectivity index (χ1v) is 14.6. The molecule has 0 radical (unpaired) electrons. The molecule has 4 aromatic rings. The topological polar surface area (TPSA) is 109 Å². The van der Waals surface area contributed by atoms with Crippen LogP contribution in [0, 0.1) is 13.8 Å². The van der Waals surface area contributed by atoms with E-state index in [1.165, 1.54) is 12.4 Å². The fourth-order valence-corrected chi connectivity index (χ4v) is 4.74. The summed E-state index contributed by atoms with van der Waals surface area (Å²) in [6.45, 7) is 4.80. The number of hydrogen-bond acceptors (Lipinski definition) is 6. The molecule has 0 aliphatic heterocycles.